The molecular weight excluding hydrogens is 406 g/mol. The van der Waals surface area contributed by atoms with Gasteiger partial charge in [-0.05, 0) is 55.3 Å². The smallest absolute Gasteiger partial charge is 0.191 e. The average molecular weight is 428 g/mol. The summed E-state index contributed by atoms with van der Waals surface area (Å²) in [7, 11) is 0. The van der Waals surface area contributed by atoms with Gasteiger partial charge in [-0.2, -0.15) is 5.10 Å². The van der Waals surface area contributed by atoms with Crippen LogP contribution < -0.4 is 0 Å². The van der Waals surface area contributed by atoms with Gasteiger partial charge in [0.2, 0.25) is 0 Å². The van der Waals surface area contributed by atoms with Crippen molar-refractivity contribution in [2.75, 3.05) is 5.75 Å². The van der Waals surface area contributed by atoms with Crippen LogP contribution in [0.4, 0.5) is 0 Å². The van der Waals surface area contributed by atoms with Crippen molar-refractivity contribution in [1.29, 1.82) is 0 Å². The minimum absolute atomic E-state index is 0.597. The Morgan fingerprint density at radius 3 is 2.66 bits per heavy atom. The van der Waals surface area contributed by atoms with Gasteiger partial charge in [0.05, 0.1) is 12.8 Å². The van der Waals surface area contributed by atoms with Crippen LogP contribution in [0.5, 0.6) is 0 Å². The van der Waals surface area contributed by atoms with Gasteiger partial charge in [0.25, 0.3) is 0 Å². The third-order valence-electron chi connectivity index (χ3n) is 4.54. The summed E-state index contributed by atoms with van der Waals surface area (Å²) in [5.74, 6) is 2.69. The Bertz CT molecular complexity index is 997. The van der Waals surface area contributed by atoms with Crippen molar-refractivity contribution in [1.82, 2.24) is 24.5 Å². The van der Waals surface area contributed by atoms with Gasteiger partial charge >= 0.3 is 0 Å². The molecule has 0 fully saturated rings. The molecule has 3 aromatic heterocycles. The van der Waals surface area contributed by atoms with Gasteiger partial charge in [-0.1, -0.05) is 29.8 Å². The summed E-state index contributed by atoms with van der Waals surface area (Å²) in [6, 6.07) is 13.5. The molecule has 4 aromatic rings. The van der Waals surface area contributed by atoms with E-state index < -0.39 is 0 Å². The van der Waals surface area contributed by atoms with Crippen LogP contribution >= 0.6 is 23.4 Å². The van der Waals surface area contributed by atoms with E-state index in [1.165, 1.54) is 0 Å². The molecule has 0 aliphatic heterocycles. The summed E-state index contributed by atoms with van der Waals surface area (Å²) in [5.41, 5.74) is 0.986. The number of aryl methyl sites for hydroxylation is 1. The van der Waals surface area contributed by atoms with Crippen LogP contribution in [0.3, 0.4) is 0 Å². The van der Waals surface area contributed by atoms with E-state index in [1.807, 2.05) is 59.5 Å². The topological polar surface area (TPSA) is 61.7 Å². The summed E-state index contributed by atoms with van der Waals surface area (Å²) in [5, 5.41) is 14.7. The highest BCUT2D eigenvalue weighted by Crippen LogP contribution is 2.27. The molecule has 0 atom stereocenters. The van der Waals surface area contributed by atoms with E-state index in [9.17, 15) is 0 Å². The lowest BCUT2D eigenvalue weighted by molar-refractivity contribution is 0.485. The Morgan fingerprint density at radius 1 is 1.00 bits per heavy atom. The van der Waals surface area contributed by atoms with E-state index in [1.54, 1.807) is 18.0 Å². The molecule has 6 nitrogen and oxygen atoms in total. The normalized spacial score (nSPS) is 11.2. The molecule has 0 bridgehead atoms. The molecule has 8 heteroatoms. The van der Waals surface area contributed by atoms with Crippen molar-refractivity contribution in [2.24, 2.45) is 0 Å². The van der Waals surface area contributed by atoms with E-state index >= 15 is 0 Å². The largest absolute Gasteiger partial charge is 0.467 e. The fourth-order valence-electron chi connectivity index (χ4n) is 3.06. The van der Waals surface area contributed by atoms with Crippen molar-refractivity contribution >= 4 is 23.4 Å². The van der Waals surface area contributed by atoms with Crippen molar-refractivity contribution < 1.29 is 4.42 Å². The molecule has 0 aliphatic carbocycles. The van der Waals surface area contributed by atoms with Crippen molar-refractivity contribution in [3.63, 3.8) is 0 Å². The minimum atomic E-state index is 0.597. The minimum Gasteiger partial charge on any atom is -0.467 e. The first-order valence-corrected chi connectivity index (χ1v) is 11.0. The highest BCUT2D eigenvalue weighted by atomic mass is 35.5. The molecule has 29 heavy (non-hydrogen) atoms. The standard InChI is InChI=1S/C21H22ClN5OS/c22-18-9-7-17(8-10-18)20-24-25-21(27(20)16-19-6-4-14-28-19)29-15-3-1-2-12-26-13-5-11-23-26/h4-11,13-14H,1-3,12,15-16H2. The Morgan fingerprint density at radius 2 is 1.90 bits per heavy atom. The second kappa shape index (κ2) is 9.80. The maximum atomic E-state index is 6.03. The molecule has 0 saturated heterocycles. The van der Waals surface area contributed by atoms with Crippen molar-refractivity contribution in [2.45, 2.75) is 37.5 Å². The lowest BCUT2D eigenvalue weighted by Crippen LogP contribution is -2.04. The predicted octanol–water partition coefficient (Wildman–Crippen LogP) is 5.40. The first-order valence-electron chi connectivity index (χ1n) is 9.61. The van der Waals surface area contributed by atoms with Crippen LogP contribution in [-0.2, 0) is 13.1 Å². The zero-order valence-corrected chi connectivity index (χ0v) is 17.5. The average Bonchev–Trinajstić information content (AvgIpc) is 3.49. The van der Waals surface area contributed by atoms with Gasteiger partial charge in [0.1, 0.15) is 5.76 Å². The summed E-state index contributed by atoms with van der Waals surface area (Å²) in [6.07, 6.45) is 8.91. The van der Waals surface area contributed by atoms with Crippen LogP contribution in [0.2, 0.25) is 5.02 Å². The number of halogens is 1. The third kappa shape index (κ3) is 5.31. The summed E-state index contributed by atoms with van der Waals surface area (Å²) in [6.45, 7) is 1.56. The molecule has 0 N–H and O–H groups in total. The number of nitrogens with zero attached hydrogens (tertiary/aromatic N) is 5. The molecule has 0 saturated carbocycles. The molecule has 0 radical (unpaired) electrons. The molecule has 0 amide bonds. The SMILES string of the molecule is Clc1ccc(-c2nnc(SCCCCCn3cccn3)n2Cc2ccco2)cc1. The maximum Gasteiger partial charge on any atom is 0.191 e. The molecule has 0 aliphatic rings. The number of unbranched alkanes of at least 4 members (excludes halogenated alkanes) is 2. The fraction of sp³-hybridized carbons (Fsp3) is 0.286. The van der Waals surface area contributed by atoms with Crippen LogP contribution in [0.25, 0.3) is 11.4 Å². The molecule has 0 spiro atoms. The van der Waals surface area contributed by atoms with Crippen molar-refractivity contribution in [3.05, 3.63) is 71.9 Å². The van der Waals surface area contributed by atoms with E-state index in [0.29, 0.717) is 11.6 Å². The number of aromatic nitrogens is 5. The Kier molecular flexibility index (Phi) is 6.69. The number of rotatable bonds is 10. The van der Waals surface area contributed by atoms with Crippen LogP contribution in [0.15, 0.2) is 70.7 Å². The monoisotopic (exact) mass is 427 g/mol. The van der Waals surface area contributed by atoms with E-state index in [4.69, 9.17) is 16.0 Å². The van der Waals surface area contributed by atoms with E-state index in [0.717, 1.165) is 53.9 Å². The molecule has 150 valence electrons. The second-order valence-electron chi connectivity index (χ2n) is 6.66. The maximum absolute atomic E-state index is 6.03. The van der Waals surface area contributed by atoms with E-state index in [-0.39, 0.29) is 0 Å². The Balaban J connectivity index is 1.39. The van der Waals surface area contributed by atoms with Crippen LogP contribution in [0.1, 0.15) is 25.0 Å². The molecular formula is C21H22ClN5OS. The number of thioether (sulfide) groups is 1. The fourth-order valence-corrected chi connectivity index (χ4v) is 4.12. The number of hydrogen-bond acceptors (Lipinski definition) is 5. The number of hydrogen-bond donors (Lipinski definition) is 0. The van der Waals surface area contributed by atoms with Gasteiger partial charge in [0.15, 0.2) is 11.0 Å². The molecule has 3 heterocycles. The van der Waals surface area contributed by atoms with Gasteiger partial charge in [-0.15, -0.1) is 10.2 Å². The highest BCUT2D eigenvalue weighted by molar-refractivity contribution is 7.99. The van der Waals surface area contributed by atoms with Gasteiger partial charge < -0.3 is 4.42 Å². The van der Waals surface area contributed by atoms with Gasteiger partial charge in [-0.25, -0.2) is 0 Å². The molecule has 0 unspecified atom stereocenters. The van der Waals surface area contributed by atoms with Gasteiger partial charge in [-0.3, -0.25) is 9.25 Å². The first kappa shape index (κ1) is 19.8. The molecule has 1 aromatic carbocycles. The quantitative estimate of drug-likeness (QED) is 0.250. The summed E-state index contributed by atoms with van der Waals surface area (Å²) in [4.78, 5) is 0. The number of furan rings is 1. The van der Waals surface area contributed by atoms with Crippen molar-refractivity contribution in [3.8, 4) is 11.4 Å². The Hall–Kier alpha value is -2.51. The zero-order valence-electron chi connectivity index (χ0n) is 15.9. The lowest BCUT2D eigenvalue weighted by atomic mass is 10.2. The summed E-state index contributed by atoms with van der Waals surface area (Å²) < 4.78 is 9.64. The lowest BCUT2D eigenvalue weighted by Gasteiger charge is -2.09. The Labute approximate surface area is 178 Å². The summed E-state index contributed by atoms with van der Waals surface area (Å²) >= 11 is 7.77. The third-order valence-corrected chi connectivity index (χ3v) is 5.84. The van der Waals surface area contributed by atoms with Crippen LogP contribution in [0, 0.1) is 0 Å². The first-order chi connectivity index (χ1) is 14.3. The molecule has 4 rings (SSSR count). The van der Waals surface area contributed by atoms with Crippen LogP contribution in [-0.4, -0.2) is 30.3 Å². The van der Waals surface area contributed by atoms with E-state index in [2.05, 4.69) is 19.9 Å². The predicted molar refractivity (Wildman–Crippen MR) is 115 cm³/mol. The second-order valence-corrected chi connectivity index (χ2v) is 8.16. The highest BCUT2D eigenvalue weighted by Gasteiger charge is 2.15. The zero-order chi connectivity index (χ0) is 19.9. The number of benzene rings is 1. The van der Waals surface area contributed by atoms with Gasteiger partial charge in [0, 0.05) is 35.3 Å².